The lowest BCUT2D eigenvalue weighted by Gasteiger charge is -2.34. The first-order chi connectivity index (χ1) is 18.1. The van der Waals surface area contributed by atoms with Crippen LogP contribution in [0.1, 0.15) is 58.3 Å². The molecule has 202 valence electrons. The van der Waals surface area contributed by atoms with Crippen LogP contribution >= 0.6 is 0 Å². The average molecular weight is 509 g/mol. The summed E-state index contributed by atoms with van der Waals surface area (Å²) in [6.45, 7) is 4.11. The van der Waals surface area contributed by atoms with Crippen molar-refractivity contribution in [1.82, 2.24) is 9.80 Å². The van der Waals surface area contributed by atoms with Gasteiger partial charge >= 0.3 is 5.97 Å². The third-order valence-corrected chi connectivity index (χ3v) is 5.63. The fraction of sp³-hybridized carbons (Fsp3) is 0.452. The van der Waals surface area contributed by atoms with E-state index < -0.39 is 5.97 Å². The lowest BCUT2D eigenvalue weighted by molar-refractivity contribution is -0.137. The molecule has 2 amide bonds. The van der Waals surface area contributed by atoms with Crippen molar-refractivity contribution in [3.05, 3.63) is 85.1 Å². The second-order valence-corrected chi connectivity index (χ2v) is 8.52. The van der Waals surface area contributed by atoms with Crippen molar-refractivity contribution in [2.45, 2.75) is 58.3 Å². The van der Waals surface area contributed by atoms with Crippen molar-refractivity contribution in [2.24, 2.45) is 0 Å². The second-order valence-electron chi connectivity index (χ2n) is 8.52. The molecule has 1 fully saturated rings. The highest BCUT2D eigenvalue weighted by atomic mass is 16.5. The smallest absolute Gasteiger partial charge is 0.330 e. The number of hydrogen-bond acceptors (Lipinski definition) is 4. The molecular formula is C31H44N2O4. The van der Waals surface area contributed by atoms with E-state index in [1.54, 1.807) is 9.80 Å². The highest BCUT2D eigenvalue weighted by Gasteiger charge is 2.22. The van der Waals surface area contributed by atoms with E-state index in [2.05, 4.69) is 84.6 Å². The van der Waals surface area contributed by atoms with Gasteiger partial charge in [0.1, 0.15) is 0 Å². The minimum atomic E-state index is -0.559. The highest BCUT2D eigenvalue weighted by Crippen LogP contribution is 2.07. The molecule has 0 saturated carbocycles. The maximum atomic E-state index is 12.4. The molecule has 0 atom stereocenters. The van der Waals surface area contributed by atoms with Crippen molar-refractivity contribution in [2.75, 3.05) is 33.3 Å². The maximum Gasteiger partial charge on any atom is 0.330 e. The number of esters is 1. The molecule has 1 rings (SSSR count). The molecule has 1 aliphatic rings. The zero-order chi connectivity index (χ0) is 27.0. The Morgan fingerprint density at radius 1 is 0.622 bits per heavy atom. The van der Waals surface area contributed by atoms with Crippen LogP contribution < -0.4 is 0 Å². The average Bonchev–Trinajstić information content (AvgIpc) is 2.92. The van der Waals surface area contributed by atoms with E-state index in [9.17, 15) is 14.4 Å². The van der Waals surface area contributed by atoms with Gasteiger partial charge in [-0.2, -0.15) is 0 Å². The largest absolute Gasteiger partial charge is 0.466 e. The number of carbonyl (C=O) groups excluding carboxylic acids is 3. The summed E-state index contributed by atoms with van der Waals surface area (Å²) in [5, 5.41) is 0. The van der Waals surface area contributed by atoms with E-state index in [0.29, 0.717) is 39.0 Å². The predicted octanol–water partition coefficient (Wildman–Crippen LogP) is 5.86. The summed E-state index contributed by atoms with van der Waals surface area (Å²) in [7, 11) is 1.27. The molecule has 0 bridgehead atoms. The van der Waals surface area contributed by atoms with Gasteiger partial charge in [-0.05, 0) is 44.9 Å². The van der Waals surface area contributed by atoms with E-state index in [0.717, 1.165) is 44.6 Å². The van der Waals surface area contributed by atoms with Crippen LogP contribution in [0.15, 0.2) is 85.1 Å². The Balaban J connectivity index is 2.08. The third-order valence-electron chi connectivity index (χ3n) is 5.63. The Kier molecular flexibility index (Phi) is 18.7. The number of carbonyl (C=O) groups is 3. The zero-order valence-corrected chi connectivity index (χ0v) is 22.6. The van der Waals surface area contributed by atoms with E-state index in [-0.39, 0.29) is 11.8 Å². The Labute approximate surface area is 223 Å². The molecule has 0 aromatic carbocycles. The van der Waals surface area contributed by atoms with E-state index >= 15 is 0 Å². The van der Waals surface area contributed by atoms with Crippen LogP contribution in [0.25, 0.3) is 0 Å². The van der Waals surface area contributed by atoms with Crippen molar-refractivity contribution in [3.63, 3.8) is 0 Å². The first-order valence-corrected chi connectivity index (χ1v) is 13.3. The molecule has 0 unspecified atom stereocenters. The van der Waals surface area contributed by atoms with Gasteiger partial charge in [-0.15, -0.1) is 0 Å². The van der Waals surface area contributed by atoms with Gasteiger partial charge in [0.2, 0.25) is 11.8 Å². The molecule has 37 heavy (non-hydrogen) atoms. The lowest BCUT2D eigenvalue weighted by Crippen LogP contribution is -2.50. The Morgan fingerprint density at radius 2 is 1.05 bits per heavy atom. The summed E-state index contributed by atoms with van der Waals surface area (Å²) in [6, 6.07) is 0. The molecule has 0 radical (unpaired) electrons. The third kappa shape index (κ3) is 16.8. The van der Waals surface area contributed by atoms with Crippen molar-refractivity contribution in [1.29, 1.82) is 0 Å². The normalized spacial score (nSPS) is 15.2. The van der Waals surface area contributed by atoms with Gasteiger partial charge in [0.25, 0.3) is 0 Å². The Bertz CT molecular complexity index is 870. The lowest BCUT2D eigenvalue weighted by atomic mass is 10.2. The number of ether oxygens (including phenoxy) is 1. The Morgan fingerprint density at radius 3 is 1.51 bits per heavy atom. The maximum absolute atomic E-state index is 12.4. The number of nitrogens with zero attached hydrogens (tertiary/aromatic N) is 2. The second kappa shape index (κ2) is 21.8. The molecule has 0 aromatic heterocycles. The minimum Gasteiger partial charge on any atom is -0.466 e. The van der Waals surface area contributed by atoms with Crippen LogP contribution in [0.2, 0.25) is 0 Å². The van der Waals surface area contributed by atoms with Gasteiger partial charge in [-0.25, -0.2) is 4.79 Å². The molecule has 0 spiro atoms. The van der Waals surface area contributed by atoms with Crippen molar-refractivity contribution < 1.29 is 19.1 Å². The topological polar surface area (TPSA) is 66.9 Å². The fourth-order valence-electron chi connectivity index (χ4n) is 3.49. The first kappa shape index (κ1) is 31.6. The SMILES string of the molecule is CC/C=C\C/C=C\C/C=C\C/C=C\C/C=C\C/C=C\CCC(=O)N1CCN(C(=O)/C=C/C(=O)OC)CC1. The van der Waals surface area contributed by atoms with Gasteiger partial charge < -0.3 is 14.5 Å². The summed E-state index contributed by atoms with van der Waals surface area (Å²) in [5.41, 5.74) is 0. The van der Waals surface area contributed by atoms with Crippen LogP contribution in [0.5, 0.6) is 0 Å². The number of hydrogen-bond donors (Lipinski definition) is 0. The molecule has 1 heterocycles. The van der Waals surface area contributed by atoms with Crippen LogP contribution in [-0.4, -0.2) is 60.9 Å². The van der Waals surface area contributed by atoms with Crippen LogP contribution in [0.3, 0.4) is 0 Å². The number of piperazine rings is 1. The Hall–Kier alpha value is -3.41. The first-order valence-electron chi connectivity index (χ1n) is 13.3. The number of methoxy groups -OCH3 is 1. The van der Waals surface area contributed by atoms with Crippen molar-refractivity contribution >= 4 is 17.8 Å². The minimum absolute atomic E-state index is 0.108. The van der Waals surface area contributed by atoms with Gasteiger partial charge in [-0.3, -0.25) is 9.59 Å². The number of allylic oxidation sites excluding steroid dienone is 12. The summed E-state index contributed by atoms with van der Waals surface area (Å²) >= 11 is 0. The summed E-state index contributed by atoms with van der Waals surface area (Å²) in [4.78, 5) is 39.0. The van der Waals surface area contributed by atoms with E-state index in [4.69, 9.17) is 0 Å². The molecular weight excluding hydrogens is 464 g/mol. The van der Waals surface area contributed by atoms with Gasteiger partial charge in [0.05, 0.1) is 7.11 Å². The molecule has 1 aliphatic heterocycles. The summed E-state index contributed by atoms with van der Waals surface area (Å²) in [6.07, 6.45) is 35.3. The number of amides is 2. The summed E-state index contributed by atoms with van der Waals surface area (Å²) in [5.74, 6) is -0.691. The number of rotatable bonds is 16. The van der Waals surface area contributed by atoms with E-state index in [1.165, 1.54) is 13.2 Å². The molecule has 0 aromatic rings. The highest BCUT2D eigenvalue weighted by molar-refractivity contribution is 5.94. The zero-order valence-electron chi connectivity index (χ0n) is 22.6. The standard InChI is InChI=1S/C31H44N2O4/c1-3-4-5-6-7-8-9-10-11-12-13-14-15-16-17-18-19-20-21-22-29(34)32-25-27-33(28-26-32)30(35)23-24-31(36)37-2/h4-5,7-8,10-11,13-14,16-17,19-20,23-24H,3,6,9,12,15,18,21-22,25-28H2,1-2H3/b5-4-,8-7-,11-10-,14-13-,17-16-,20-19-,24-23+. The predicted molar refractivity (Wildman–Crippen MR) is 152 cm³/mol. The monoisotopic (exact) mass is 508 g/mol. The molecule has 6 heteroatoms. The summed E-state index contributed by atoms with van der Waals surface area (Å²) < 4.78 is 4.48. The van der Waals surface area contributed by atoms with Gasteiger partial charge in [0.15, 0.2) is 0 Å². The molecule has 1 saturated heterocycles. The molecule has 6 nitrogen and oxygen atoms in total. The van der Waals surface area contributed by atoms with Crippen LogP contribution in [0, 0.1) is 0 Å². The van der Waals surface area contributed by atoms with Gasteiger partial charge in [0, 0.05) is 44.8 Å². The quantitative estimate of drug-likeness (QED) is 0.149. The van der Waals surface area contributed by atoms with Crippen LogP contribution in [0.4, 0.5) is 0 Å². The van der Waals surface area contributed by atoms with Crippen LogP contribution in [-0.2, 0) is 19.1 Å². The van der Waals surface area contributed by atoms with Gasteiger partial charge in [-0.1, -0.05) is 79.8 Å². The van der Waals surface area contributed by atoms with E-state index in [1.807, 2.05) is 0 Å². The van der Waals surface area contributed by atoms with Crippen molar-refractivity contribution in [3.8, 4) is 0 Å². The molecule has 0 aliphatic carbocycles. The molecule has 0 N–H and O–H groups in total. The fourth-order valence-corrected chi connectivity index (χ4v) is 3.49.